The lowest BCUT2D eigenvalue weighted by Gasteiger charge is -2.40. The average Bonchev–Trinajstić information content (AvgIpc) is 2.36. The van der Waals surface area contributed by atoms with Crippen molar-refractivity contribution in [2.24, 2.45) is 0 Å². The second-order valence-corrected chi connectivity index (χ2v) is 5.53. The Morgan fingerprint density at radius 1 is 1.42 bits per heavy atom. The number of ether oxygens (including phenoxy) is 1. The first-order valence-corrected chi connectivity index (χ1v) is 7.70. The lowest BCUT2D eigenvalue weighted by Crippen LogP contribution is -2.51. The molecule has 0 spiro atoms. The van der Waals surface area contributed by atoms with Gasteiger partial charge in [0.15, 0.2) is 0 Å². The summed E-state index contributed by atoms with van der Waals surface area (Å²) >= 11 is 0. The maximum absolute atomic E-state index is 12.1. The maximum Gasteiger partial charge on any atom is 0.323 e. The summed E-state index contributed by atoms with van der Waals surface area (Å²) in [6.07, 6.45) is 5.65. The molecule has 0 saturated carbocycles. The van der Waals surface area contributed by atoms with E-state index in [-0.39, 0.29) is 18.1 Å². The van der Waals surface area contributed by atoms with Gasteiger partial charge in [-0.1, -0.05) is 19.8 Å². The fraction of sp³-hybridized carbons (Fsp3) is 0.933. The van der Waals surface area contributed by atoms with Crippen molar-refractivity contribution in [2.75, 3.05) is 13.2 Å². The van der Waals surface area contributed by atoms with E-state index in [1.54, 1.807) is 0 Å². The third kappa shape index (κ3) is 5.11. The summed E-state index contributed by atoms with van der Waals surface area (Å²) in [5, 5.41) is 9.63. The van der Waals surface area contributed by atoms with E-state index in [0.717, 1.165) is 38.6 Å². The predicted molar refractivity (Wildman–Crippen MR) is 76.0 cm³/mol. The standard InChI is InChI=1S/C15H29NO3/c1-4-8-14(15(18)19-5-2)16-10-7-6-9-13(16)11-12(3)17/h12-14,17H,4-11H2,1-3H3. The van der Waals surface area contributed by atoms with Crippen LogP contribution >= 0.6 is 0 Å². The van der Waals surface area contributed by atoms with Crippen LogP contribution in [0, 0.1) is 0 Å². The molecule has 3 unspecified atom stereocenters. The van der Waals surface area contributed by atoms with Crippen molar-refractivity contribution in [1.82, 2.24) is 4.90 Å². The summed E-state index contributed by atoms with van der Waals surface area (Å²) in [5.74, 6) is -0.0955. The molecule has 1 fully saturated rings. The first-order chi connectivity index (χ1) is 9.10. The third-order valence-corrected chi connectivity index (χ3v) is 3.81. The highest BCUT2D eigenvalue weighted by atomic mass is 16.5. The van der Waals surface area contributed by atoms with Crippen LogP contribution in [0.4, 0.5) is 0 Å². The minimum Gasteiger partial charge on any atom is -0.465 e. The van der Waals surface area contributed by atoms with Gasteiger partial charge in [-0.05, 0) is 46.1 Å². The molecule has 1 aliphatic rings. The van der Waals surface area contributed by atoms with Gasteiger partial charge in [-0.25, -0.2) is 0 Å². The van der Waals surface area contributed by atoms with Crippen molar-refractivity contribution >= 4 is 5.97 Å². The Bertz CT molecular complexity index is 268. The number of rotatable bonds is 7. The molecule has 0 aromatic heterocycles. The van der Waals surface area contributed by atoms with Crippen LogP contribution in [0.25, 0.3) is 0 Å². The van der Waals surface area contributed by atoms with Crippen LogP contribution in [0.3, 0.4) is 0 Å². The topological polar surface area (TPSA) is 49.8 Å². The second kappa shape index (κ2) is 8.54. The van der Waals surface area contributed by atoms with Gasteiger partial charge >= 0.3 is 5.97 Å². The Kier molecular flexibility index (Phi) is 7.39. The van der Waals surface area contributed by atoms with Crippen LogP contribution in [0.1, 0.15) is 59.3 Å². The second-order valence-electron chi connectivity index (χ2n) is 5.53. The summed E-state index contributed by atoms with van der Waals surface area (Å²) < 4.78 is 5.22. The van der Waals surface area contributed by atoms with Gasteiger partial charge in [0.05, 0.1) is 12.7 Å². The number of carbonyl (C=O) groups excluding carboxylic acids is 1. The van der Waals surface area contributed by atoms with Gasteiger partial charge in [0.2, 0.25) is 0 Å². The molecule has 0 radical (unpaired) electrons. The van der Waals surface area contributed by atoms with E-state index in [0.29, 0.717) is 12.6 Å². The van der Waals surface area contributed by atoms with Crippen molar-refractivity contribution in [3.05, 3.63) is 0 Å². The van der Waals surface area contributed by atoms with Crippen molar-refractivity contribution < 1.29 is 14.6 Å². The van der Waals surface area contributed by atoms with E-state index in [1.165, 1.54) is 6.42 Å². The number of carbonyl (C=O) groups is 1. The molecule has 0 amide bonds. The van der Waals surface area contributed by atoms with E-state index in [2.05, 4.69) is 11.8 Å². The summed E-state index contributed by atoms with van der Waals surface area (Å²) in [5.41, 5.74) is 0. The largest absolute Gasteiger partial charge is 0.465 e. The fourth-order valence-corrected chi connectivity index (χ4v) is 3.01. The van der Waals surface area contributed by atoms with Crippen LogP contribution in [0.5, 0.6) is 0 Å². The van der Waals surface area contributed by atoms with Crippen molar-refractivity contribution in [2.45, 2.75) is 77.5 Å². The Balaban J connectivity index is 2.74. The van der Waals surface area contributed by atoms with Crippen LogP contribution in [-0.2, 0) is 9.53 Å². The zero-order valence-electron chi connectivity index (χ0n) is 12.6. The predicted octanol–water partition coefficient (Wildman–Crippen LogP) is 2.34. The monoisotopic (exact) mass is 271 g/mol. The number of esters is 1. The Hall–Kier alpha value is -0.610. The molecule has 1 aliphatic heterocycles. The van der Waals surface area contributed by atoms with Crippen molar-refractivity contribution in [3.63, 3.8) is 0 Å². The minimum absolute atomic E-state index is 0.0955. The highest BCUT2D eigenvalue weighted by Crippen LogP contribution is 2.25. The fourth-order valence-electron chi connectivity index (χ4n) is 3.01. The van der Waals surface area contributed by atoms with Gasteiger partial charge in [-0.3, -0.25) is 9.69 Å². The molecule has 1 heterocycles. The number of aliphatic hydroxyl groups excluding tert-OH is 1. The smallest absolute Gasteiger partial charge is 0.323 e. The molecule has 4 nitrogen and oxygen atoms in total. The lowest BCUT2D eigenvalue weighted by atomic mass is 9.94. The van der Waals surface area contributed by atoms with Crippen LogP contribution < -0.4 is 0 Å². The summed E-state index contributed by atoms with van der Waals surface area (Å²) in [4.78, 5) is 14.4. The first kappa shape index (κ1) is 16.4. The summed E-state index contributed by atoms with van der Waals surface area (Å²) in [6, 6.07) is 0.184. The van der Waals surface area contributed by atoms with Gasteiger partial charge in [0, 0.05) is 6.04 Å². The normalized spacial score (nSPS) is 23.9. The zero-order valence-corrected chi connectivity index (χ0v) is 12.6. The van der Waals surface area contributed by atoms with Crippen LogP contribution in [0.2, 0.25) is 0 Å². The van der Waals surface area contributed by atoms with E-state index in [1.807, 2.05) is 13.8 Å². The van der Waals surface area contributed by atoms with E-state index in [9.17, 15) is 9.90 Å². The number of aliphatic hydroxyl groups is 1. The molecule has 1 saturated heterocycles. The van der Waals surface area contributed by atoms with E-state index in [4.69, 9.17) is 4.74 Å². The molecule has 0 aliphatic carbocycles. The molecule has 3 atom stereocenters. The molecule has 1 rings (SSSR count). The Labute approximate surface area is 117 Å². The van der Waals surface area contributed by atoms with Gasteiger partial charge in [-0.2, -0.15) is 0 Å². The number of hydrogen-bond donors (Lipinski definition) is 1. The quantitative estimate of drug-likeness (QED) is 0.722. The molecular formula is C15H29NO3. The summed E-state index contributed by atoms with van der Waals surface area (Å²) in [6.45, 7) is 7.16. The molecule has 112 valence electrons. The molecule has 0 bridgehead atoms. The molecular weight excluding hydrogens is 242 g/mol. The van der Waals surface area contributed by atoms with E-state index >= 15 is 0 Å². The zero-order chi connectivity index (χ0) is 14.3. The first-order valence-electron chi connectivity index (χ1n) is 7.70. The maximum atomic E-state index is 12.1. The van der Waals surface area contributed by atoms with Crippen molar-refractivity contribution in [1.29, 1.82) is 0 Å². The average molecular weight is 271 g/mol. The van der Waals surface area contributed by atoms with E-state index < -0.39 is 0 Å². The Morgan fingerprint density at radius 2 is 2.16 bits per heavy atom. The van der Waals surface area contributed by atoms with Gasteiger partial charge in [-0.15, -0.1) is 0 Å². The number of piperidine rings is 1. The Morgan fingerprint density at radius 3 is 2.74 bits per heavy atom. The SMILES string of the molecule is CCCC(C(=O)OCC)N1CCCCC1CC(C)O. The van der Waals surface area contributed by atoms with Gasteiger partial charge < -0.3 is 9.84 Å². The molecule has 0 aromatic rings. The molecule has 19 heavy (non-hydrogen) atoms. The molecule has 4 heteroatoms. The minimum atomic E-state index is -0.310. The third-order valence-electron chi connectivity index (χ3n) is 3.81. The highest BCUT2D eigenvalue weighted by Gasteiger charge is 2.33. The van der Waals surface area contributed by atoms with Crippen LogP contribution in [0.15, 0.2) is 0 Å². The molecule has 1 N–H and O–H groups in total. The molecule has 0 aromatic carbocycles. The highest BCUT2D eigenvalue weighted by molar-refractivity contribution is 5.75. The summed E-state index contributed by atoms with van der Waals surface area (Å²) in [7, 11) is 0. The van der Waals surface area contributed by atoms with Crippen molar-refractivity contribution in [3.8, 4) is 0 Å². The number of likely N-dealkylation sites (tertiary alicyclic amines) is 1. The van der Waals surface area contributed by atoms with Gasteiger partial charge in [0.1, 0.15) is 6.04 Å². The number of nitrogens with zero attached hydrogens (tertiary/aromatic N) is 1. The number of hydrogen-bond acceptors (Lipinski definition) is 4. The lowest BCUT2D eigenvalue weighted by molar-refractivity contribution is -0.152. The van der Waals surface area contributed by atoms with Crippen LogP contribution in [-0.4, -0.2) is 47.3 Å². The van der Waals surface area contributed by atoms with Gasteiger partial charge in [0.25, 0.3) is 0 Å².